The molecule has 4 heterocycles. The van der Waals surface area contributed by atoms with E-state index >= 15 is 0 Å². The second-order valence-corrected chi connectivity index (χ2v) is 7.16. The standard InChI is InChI=1S/C22H21N5O3/c1-25-11-9-18(24-25)19-7-8-20(22-23-10-12-26(19)22)30-14-17-13-27(21(28)15-29-17)16-5-3-2-4-6-16/h2-12,17H,13-15H2,1H3/t17-/m0/s1. The van der Waals surface area contributed by atoms with Crippen LogP contribution in [0.25, 0.3) is 17.0 Å². The van der Waals surface area contributed by atoms with Gasteiger partial charge in [0.15, 0.2) is 11.4 Å². The van der Waals surface area contributed by atoms with Crippen LogP contribution in [0.4, 0.5) is 5.69 Å². The average Bonchev–Trinajstić information content (AvgIpc) is 3.43. The van der Waals surface area contributed by atoms with Gasteiger partial charge in [0.05, 0.1) is 12.2 Å². The van der Waals surface area contributed by atoms with Gasteiger partial charge in [-0.15, -0.1) is 0 Å². The van der Waals surface area contributed by atoms with E-state index in [4.69, 9.17) is 9.47 Å². The molecular weight excluding hydrogens is 382 g/mol. The molecular formula is C22H21N5O3. The third kappa shape index (κ3) is 3.42. The molecule has 0 saturated carbocycles. The number of fused-ring (bicyclic) bond motifs is 1. The lowest BCUT2D eigenvalue weighted by Gasteiger charge is -2.32. The first kappa shape index (κ1) is 18.4. The number of amides is 1. The third-order valence-corrected chi connectivity index (χ3v) is 5.11. The molecule has 1 atom stereocenters. The van der Waals surface area contributed by atoms with Gasteiger partial charge in [-0.2, -0.15) is 5.10 Å². The van der Waals surface area contributed by atoms with E-state index in [2.05, 4.69) is 10.1 Å². The number of carbonyl (C=O) groups is 1. The van der Waals surface area contributed by atoms with Crippen molar-refractivity contribution in [3.8, 4) is 17.1 Å². The van der Waals surface area contributed by atoms with Gasteiger partial charge in [-0.3, -0.25) is 13.9 Å². The van der Waals surface area contributed by atoms with Gasteiger partial charge >= 0.3 is 0 Å². The van der Waals surface area contributed by atoms with Crippen LogP contribution in [0.2, 0.25) is 0 Å². The largest absolute Gasteiger partial charge is 0.487 e. The summed E-state index contributed by atoms with van der Waals surface area (Å²) < 4.78 is 15.5. The number of hydrogen-bond donors (Lipinski definition) is 0. The number of morpholine rings is 1. The molecule has 8 heteroatoms. The monoisotopic (exact) mass is 403 g/mol. The SMILES string of the molecule is Cn1ccc(-c2ccc(OC[C@@H]3CN(c4ccccc4)C(=O)CO3)c3nccn23)n1. The maximum Gasteiger partial charge on any atom is 0.253 e. The molecule has 0 radical (unpaired) electrons. The number of ether oxygens (including phenoxy) is 2. The summed E-state index contributed by atoms with van der Waals surface area (Å²) in [6.07, 6.45) is 5.30. The molecule has 1 aromatic carbocycles. The number of nitrogens with zero attached hydrogens (tertiary/aromatic N) is 5. The van der Waals surface area contributed by atoms with Gasteiger partial charge in [-0.1, -0.05) is 18.2 Å². The molecule has 3 aromatic heterocycles. The van der Waals surface area contributed by atoms with Gasteiger partial charge in [0, 0.05) is 31.3 Å². The first-order valence-electron chi connectivity index (χ1n) is 9.75. The molecule has 1 aliphatic heterocycles. The molecule has 5 rings (SSSR count). The van der Waals surface area contributed by atoms with E-state index in [0.717, 1.165) is 17.1 Å². The lowest BCUT2D eigenvalue weighted by atomic mass is 10.2. The smallest absolute Gasteiger partial charge is 0.253 e. The maximum absolute atomic E-state index is 12.3. The van der Waals surface area contributed by atoms with Crippen molar-refractivity contribution in [3.05, 3.63) is 67.1 Å². The van der Waals surface area contributed by atoms with Crippen molar-refractivity contribution in [1.29, 1.82) is 0 Å². The Morgan fingerprint density at radius 2 is 2.00 bits per heavy atom. The third-order valence-electron chi connectivity index (χ3n) is 5.11. The number of aryl methyl sites for hydroxylation is 1. The van der Waals surface area contributed by atoms with Gasteiger partial charge in [0.2, 0.25) is 0 Å². The minimum Gasteiger partial charge on any atom is -0.487 e. The number of pyridine rings is 1. The fourth-order valence-corrected chi connectivity index (χ4v) is 3.63. The normalized spacial score (nSPS) is 16.9. The van der Waals surface area contributed by atoms with E-state index in [1.165, 1.54) is 0 Å². The van der Waals surface area contributed by atoms with Crippen molar-refractivity contribution in [2.24, 2.45) is 7.05 Å². The van der Waals surface area contributed by atoms with Crippen LogP contribution in [0.3, 0.4) is 0 Å². The Balaban J connectivity index is 1.33. The second kappa shape index (κ2) is 7.64. The van der Waals surface area contributed by atoms with Crippen LogP contribution in [0.15, 0.2) is 67.1 Å². The fourth-order valence-electron chi connectivity index (χ4n) is 3.63. The quantitative estimate of drug-likeness (QED) is 0.512. The Bertz CT molecular complexity index is 1180. The number of carbonyl (C=O) groups excluding carboxylic acids is 1. The van der Waals surface area contributed by atoms with Gasteiger partial charge in [0.25, 0.3) is 5.91 Å². The van der Waals surface area contributed by atoms with E-state index in [0.29, 0.717) is 24.5 Å². The Labute approximate surface area is 173 Å². The molecule has 0 bridgehead atoms. The summed E-state index contributed by atoms with van der Waals surface area (Å²) in [5.41, 5.74) is 3.38. The van der Waals surface area contributed by atoms with E-state index in [9.17, 15) is 4.79 Å². The first-order valence-corrected chi connectivity index (χ1v) is 9.75. The Morgan fingerprint density at radius 1 is 1.13 bits per heavy atom. The van der Waals surface area contributed by atoms with Gasteiger partial charge in [-0.05, 0) is 30.3 Å². The summed E-state index contributed by atoms with van der Waals surface area (Å²) in [6, 6.07) is 15.4. The number of benzene rings is 1. The van der Waals surface area contributed by atoms with Crippen LogP contribution in [0.1, 0.15) is 0 Å². The molecule has 1 saturated heterocycles. The van der Waals surface area contributed by atoms with Crippen LogP contribution in [0.5, 0.6) is 5.75 Å². The van der Waals surface area contributed by atoms with E-state index in [-0.39, 0.29) is 18.6 Å². The number of aromatic nitrogens is 4. The zero-order chi connectivity index (χ0) is 20.5. The Morgan fingerprint density at radius 3 is 2.80 bits per heavy atom. The van der Waals surface area contributed by atoms with Crippen molar-refractivity contribution < 1.29 is 14.3 Å². The maximum atomic E-state index is 12.3. The van der Waals surface area contributed by atoms with Gasteiger partial charge in [0.1, 0.15) is 25.0 Å². The molecule has 4 aromatic rings. The van der Waals surface area contributed by atoms with Gasteiger partial charge < -0.3 is 14.4 Å². The number of imidazole rings is 1. The van der Waals surface area contributed by atoms with Crippen molar-refractivity contribution in [1.82, 2.24) is 19.2 Å². The number of anilines is 1. The van der Waals surface area contributed by atoms with Crippen LogP contribution in [-0.4, -0.2) is 50.9 Å². The molecule has 0 unspecified atom stereocenters. The van der Waals surface area contributed by atoms with Crippen LogP contribution >= 0.6 is 0 Å². The minimum atomic E-state index is -0.228. The summed E-state index contributed by atoms with van der Waals surface area (Å²) in [7, 11) is 1.89. The van der Waals surface area contributed by atoms with E-state index in [1.54, 1.807) is 15.8 Å². The molecule has 1 fully saturated rings. The highest BCUT2D eigenvalue weighted by atomic mass is 16.5. The summed E-state index contributed by atoms with van der Waals surface area (Å²) in [5, 5.41) is 4.47. The summed E-state index contributed by atoms with van der Waals surface area (Å²) in [6.45, 7) is 0.808. The molecule has 8 nitrogen and oxygen atoms in total. The van der Waals surface area contributed by atoms with Gasteiger partial charge in [-0.25, -0.2) is 4.98 Å². The highest BCUT2D eigenvalue weighted by Gasteiger charge is 2.28. The lowest BCUT2D eigenvalue weighted by molar-refractivity contribution is -0.130. The highest BCUT2D eigenvalue weighted by Crippen LogP contribution is 2.26. The first-order chi connectivity index (χ1) is 14.7. The van der Waals surface area contributed by atoms with E-state index in [1.807, 2.05) is 72.4 Å². The predicted molar refractivity (Wildman–Crippen MR) is 111 cm³/mol. The van der Waals surface area contributed by atoms with Crippen molar-refractivity contribution in [3.63, 3.8) is 0 Å². The lowest BCUT2D eigenvalue weighted by Crippen LogP contribution is -2.48. The predicted octanol–water partition coefficient (Wildman–Crippen LogP) is 2.55. The van der Waals surface area contributed by atoms with Crippen LogP contribution in [0, 0.1) is 0 Å². The van der Waals surface area contributed by atoms with E-state index < -0.39 is 0 Å². The van der Waals surface area contributed by atoms with Crippen LogP contribution in [-0.2, 0) is 16.6 Å². The van der Waals surface area contributed by atoms with Crippen molar-refractivity contribution in [2.75, 3.05) is 24.7 Å². The summed E-state index contributed by atoms with van der Waals surface area (Å²) >= 11 is 0. The summed E-state index contributed by atoms with van der Waals surface area (Å²) in [5.74, 6) is 0.610. The zero-order valence-electron chi connectivity index (χ0n) is 16.5. The minimum absolute atomic E-state index is 0.0420. The number of para-hydroxylation sites is 1. The highest BCUT2D eigenvalue weighted by molar-refractivity contribution is 5.94. The number of hydrogen-bond acceptors (Lipinski definition) is 5. The molecule has 0 N–H and O–H groups in total. The second-order valence-electron chi connectivity index (χ2n) is 7.16. The van der Waals surface area contributed by atoms with Crippen molar-refractivity contribution in [2.45, 2.75) is 6.10 Å². The van der Waals surface area contributed by atoms with Crippen molar-refractivity contribution >= 4 is 17.2 Å². The zero-order valence-corrected chi connectivity index (χ0v) is 16.5. The molecule has 1 aliphatic rings. The molecule has 152 valence electrons. The molecule has 0 spiro atoms. The van der Waals surface area contributed by atoms with Crippen LogP contribution < -0.4 is 9.64 Å². The Hall–Kier alpha value is -3.65. The number of rotatable bonds is 5. The molecule has 1 amide bonds. The Kier molecular flexibility index (Phi) is 4.68. The average molecular weight is 403 g/mol. The molecule has 30 heavy (non-hydrogen) atoms. The topological polar surface area (TPSA) is 73.9 Å². The molecule has 0 aliphatic carbocycles. The fraction of sp³-hybridized carbons (Fsp3) is 0.227. The summed E-state index contributed by atoms with van der Waals surface area (Å²) in [4.78, 5) is 18.5.